The van der Waals surface area contributed by atoms with Crippen molar-refractivity contribution in [3.05, 3.63) is 57.3 Å². The molecule has 3 aromatic rings. The molecule has 0 atom stereocenters. The maximum Gasteiger partial charge on any atom is 0.272 e. The molecule has 10 heteroatoms. The van der Waals surface area contributed by atoms with E-state index in [1.165, 1.54) is 23.5 Å². The molecule has 2 aromatic heterocycles. The SMILES string of the molecule is Cc1cc(OCC(=O)N(Cc2nc(-c3cccs3)no2)CC(C)C)ccc1[N+](=O)[O-]. The van der Waals surface area contributed by atoms with Crippen LogP contribution < -0.4 is 4.74 Å². The van der Waals surface area contributed by atoms with E-state index in [2.05, 4.69) is 10.1 Å². The smallest absolute Gasteiger partial charge is 0.272 e. The third-order valence-electron chi connectivity index (χ3n) is 4.20. The van der Waals surface area contributed by atoms with Crippen molar-refractivity contribution in [1.82, 2.24) is 15.0 Å². The lowest BCUT2D eigenvalue weighted by molar-refractivity contribution is -0.385. The number of hydrogen-bond donors (Lipinski definition) is 0. The molecular weight excluding hydrogens is 408 g/mol. The zero-order valence-electron chi connectivity index (χ0n) is 16.9. The Kier molecular flexibility index (Phi) is 6.78. The standard InChI is InChI=1S/C20H22N4O5S/c1-13(2)10-23(11-18-21-20(22-29-18)17-5-4-8-30-17)19(25)12-28-15-6-7-16(24(26)27)14(3)9-15/h4-9,13H,10-12H2,1-3H3. The molecule has 0 N–H and O–H groups in total. The first-order chi connectivity index (χ1) is 14.3. The fourth-order valence-corrected chi connectivity index (χ4v) is 3.49. The molecule has 0 radical (unpaired) electrons. The van der Waals surface area contributed by atoms with Crippen molar-refractivity contribution in [2.45, 2.75) is 27.3 Å². The number of rotatable bonds is 9. The quantitative estimate of drug-likeness (QED) is 0.371. The minimum atomic E-state index is -0.455. The molecule has 0 aliphatic heterocycles. The number of nitro benzene ring substituents is 1. The first-order valence-electron chi connectivity index (χ1n) is 9.35. The topological polar surface area (TPSA) is 112 Å². The van der Waals surface area contributed by atoms with Gasteiger partial charge in [-0.25, -0.2) is 0 Å². The largest absolute Gasteiger partial charge is 0.484 e. The first kappa shape index (κ1) is 21.4. The fourth-order valence-electron chi connectivity index (χ4n) is 2.84. The van der Waals surface area contributed by atoms with E-state index in [0.717, 1.165) is 4.88 Å². The number of hydrogen-bond acceptors (Lipinski definition) is 8. The van der Waals surface area contributed by atoms with Crippen LogP contribution >= 0.6 is 11.3 Å². The van der Waals surface area contributed by atoms with E-state index in [1.54, 1.807) is 17.9 Å². The van der Waals surface area contributed by atoms with Crippen LogP contribution in [0.5, 0.6) is 5.75 Å². The van der Waals surface area contributed by atoms with Crippen LogP contribution in [-0.2, 0) is 11.3 Å². The summed E-state index contributed by atoms with van der Waals surface area (Å²) in [6, 6.07) is 8.20. The van der Waals surface area contributed by atoms with Gasteiger partial charge in [0, 0.05) is 18.2 Å². The second-order valence-electron chi connectivity index (χ2n) is 7.15. The van der Waals surface area contributed by atoms with Gasteiger partial charge in [-0.05, 0) is 36.4 Å². The highest BCUT2D eigenvalue weighted by Gasteiger charge is 2.20. The lowest BCUT2D eigenvalue weighted by Crippen LogP contribution is -2.37. The third kappa shape index (κ3) is 5.41. The second-order valence-corrected chi connectivity index (χ2v) is 8.10. The Balaban J connectivity index is 1.65. The van der Waals surface area contributed by atoms with Gasteiger partial charge in [-0.2, -0.15) is 4.98 Å². The molecule has 158 valence electrons. The van der Waals surface area contributed by atoms with Crippen LogP contribution in [0.25, 0.3) is 10.7 Å². The second kappa shape index (κ2) is 9.49. The molecule has 1 aromatic carbocycles. The molecule has 1 amide bonds. The van der Waals surface area contributed by atoms with E-state index in [9.17, 15) is 14.9 Å². The summed E-state index contributed by atoms with van der Waals surface area (Å²) in [5.41, 5.74) is 0.476. The van der Waals surface area contributed by atoms with Crippen LogP contribution in [0.3, 0.4) is 0 Å². The maximum atomic E-state index is 12.8. The summed E-state index contributed by atoms with van der Waals surface area (Å²) in [5.74, 6) is 1.23. The van der Waals surface area contributed by atoms with E-state index < -0.39 is 4.92 Å². The molecule has 2 heterocycles. The van der Waals surface area contributed by atoms with Crippen LogP contribution in [0, 0.1) is 23.0 Å². The van der Waals surface area contributed by atoms with Crippen molar-refractivity contribution >= 4 is 22.9 Å². The number of nitro groups is 1. The predicted octanol–water partition coefficient (Wildman–Crippen LogP) is 4.08. The zero-order chi connectivity index (χ0) is 21.7. The van der Waals surface area contributed by atoms with Crippen molar-refractivity contribution in [3.63, 3.8) is 0 Å². The molecule has 0 bridgehead atoms. The normalized spacial score (nSPS) is 10.9. The average Bonchev–Trinajstić information content (AvgIpc) is 3.36. The Bertz CT molecular complexity index is 1020. The van der Waals surface area contributed by atoms with Crippen LogP contribution in [0.4, 0.5) is 5.69 Å². The Morgan fingerprint density at radius 2 is 2.17 bits per heavy atom. The van der Waals surface area contributed by atoms with E-state index in [1.807, 2.05) is 31.4 Å². The fraction of sp³-hybridized carbons (Fsp3) is 0.350. The Hall–Kier alpha value is -3.27. The number of ether oxygens (including phenoxy) is 1. The summed E-state index contributed by atoms with van der Waals surface area (Å²) < 4.78 is 10.9. The molecule has 0 spiro atoms. The molecule has 0 aliphatic carbocycles. The van der Waals surface area contributed by atoms with Gasteiger partial charge in [-0.1, -0.05) is 25.1 Å². The van der Waals surface area contributed by atoms with Crippen LogP contribution in [0.15, 0.2) is 40.2 Å². The van der Waals surface area contributed by atoms with E-state index in [-0.39, 0.29) is 30.7 Å². The Morgan fingerprint density at radius 3 is 2.80 bits per heavy atom. The molecule has 0 unspecified atom stereocenters. The lowest BCUT2D eigenvalue weighted by Gasteiger charge is -2.23. The monoisotopic (exact) mass is 430 g/mol. The van der Waals surface area contributed by atoms with E-state index in [0.29, 0.717) is 29.6 Å². The van der Waals surface area contributed by atoms with Crippen molar-refractivity contribution in [2.75, 3.05) is 13.2 Å². The van der Waals surface area contributed by atoms with Crippen LogP contribution in [0.1, 0.15) is 25.3 Å². The number of carbonyl (C=O) groups excluding carboxylic acids is 1. The van der Waals surface area contributed by atoms with Gasteiger partial charge in [0.25, 0.3) is 11.6 Å². The summed E-state index contributed by atoms with van der Waals surface area (Å²) >= 11 is 1.51. The first-order valence-corrected chi connectivity index (χ1v) is 10.2. The maximum absolute atomic E-state index is 12.8. The molecule has 0 saturated heterocycles. The number of aryl methyl sites for hydroxylation is 1. The highest BCUT2D eigenvalue weighted by molar-refractivity contribution is 7.13. The summed E-state index contributed by atoms with van der Waals surface area (Å²) in [5, 5.41) is 16.8. The van der Waals surface area contributed by atoms with E-state index in [4.69, 9.17) is 9.26 Å². The summed E-state index contributed by atoms with van der Waals surface area (Å²) in [6.07, 6.45) is 0. The van der Waals surface area contributed by atoms with Gasteiger partial charge in [0.1, 0.15) is 12.3 Å². The summed E-state index contributed by atoms with van der Waals surface area (Å²) in [7, 11) is 0. The minimum Gasteiger partial charge on any atom is -0.484 e. The number of thiophene rings is 1. The number of carbonyl (C=O) groups is 1. The Labute approximate surface area is 177 Å². The van der Waals surface area contributed by atoms with Gasteiger partial charge in [0.15, 0.2) is 6.61 Å². The average molecular weight is 430 g/mol. The highest BCUT2D eigenvalue weighted by Crippen LogP contribution is 2.24. The molecule has 0 fully saturated rings. The number of benzene rings is 1. The minimum absolute atomic E-state index is 0.00745. The summed E-state index contributed by atoms with van der Waals surface area (Å²) in [6.45, 7) is 6.11. The zero-order valence-corrected chi connectivity index (χ0v) is 17.7. The number of nitrogens with zero attached hydrogens (tertiary/aromatic N) is 4. The molecule has 0 saturated carbocycles. The molecular formula is C20H22N4O5S. The van der Waals surface area contributed by atoms with Crippen LogP contribution in [0.2, 0.25) is 0 Å². The van der Waals surface area contributed by atoms with Crippen molar-refractivity contribution in [2.24, 2.45) is 5.92 Å². The third-order valence-corrected chi connectivity index (χ3v) is 5.07. The van der Waals surface area contributed by atoms with Gasteiger partial charge >= 0.3 is 0 Å². The van der Waals surface area contributed by atoms with Crippen molar-refractivity contribution in [3.8, 4) is 16.5 Å². The van der Waals surface area contributed by atoms with Gasteiger partial charge < -0.3 is 14.2 Å². The van der Waals surface area contributed by atoms with Gasteiger partial charge in [-0.3, -0.25) is 14.9 Å². The van der Waals surface area contributed by atoms with Gasteiger partial charge in [0.05, 0.1) is 9.80 Å². The van der Waals surface area contributed by atoms with Gasteiger partial charge in [-0.15, -0.1) is 11.3 Å². The molecule has 30 heavy (non-hydrogen) atoms. The van der Waals surface area contributed by atoms with Crippen molar-refractivity contribution in [1.29, 1.82) is 0 Å². The predicted molar refractivity (Wildman–Crippen MR) is 111 cm³/mol. The highest BCUT2D eigenvalue weighted by atomic mass is 32.1. The lowest BCUT2D eigenvalue weighted by atomic mass is 10.2. The molecule has 3 rings (SSSR count). The number of amides is 1. The summed E-state index contributed by atoms with van der Waals surface area (Å²) in [4.78, 5) is 30.1. The Morgan fingerprint density at radius 1 is 1.37 bits per heavy atom. The molecule has 0 aliphatic rings. The number of aromatic nitrogens is 2. The van der Waals surface area contributed by atoms with Crippen LogP contribution in [-0.4, -0.2) is 39.0 Å². The van der Waals surface area contributed by atoms with Crippen molar-refractivity contribution < 1.29 is 19.0 Å². The van der Waals surface area contributed by atoms with Gasteiger partial charge in [0.2, 0.25) is 11.7 Å². The molecule has 9 nitrogen and oxygen atoms in total. The van der Waals surface area contributed by atoms with E-state index >= 15 is 0 Å².